The van der Waals surface area contributed by atoms with Gasteiger partial charge in [0.1, 0.15) is 18.1 Å². The predicted molar refractivity (Wildman–Crippen MR) is 110 cm³/mol. The summed E-state index contributed by atoms with van der Waals surface area (Å²) in [5, 5.41) is 42.6. The van der Waals surface area contributed by atoms with E-state index in [0.717, 1.165) is 0 Å². The van der Waals surface area contributed by atoms with Crippen LogP contribution in [0.5, 0.6) is 0 Å². The maximum absolute atomic E-state index is 12.8. The Balaban J connectivity index is 2.92. The van der Waals surface area contributed by atoms with E-state index in [2.05, 4.69) is 20.6 Å². The molecule has 0 aromatic carbocycles. The van der Waals surface area contributed by atoms with Crippen LogP contribution in [0.25, 0.3) is 0 Å². The van der Waals surface area contributed by atoms with Crippen molar-refractivity contribution >= 4 is 35.6 Å². The zero-order valence-electron chi connectivity index (χ0n) is 17.8. The first-order chi connectivity index (χ1) is 15.9. The highest BCUT2D eigenvalue weighted by Crippen LogP contribution is 2.03. The molecule has 3 amide bonds. The molecule has 4 atom stereocenters. The number of nitrogens with two attached hydrogens (primary N) is 1. The highest BCUT2D eigenvalue weighted by Gasteiger charge is 2.31. The van der Waals surface area contributed by atoms with Crippen LogP contribution in [0.15, 0.2) is 12.5 Å². The maximum Gasteiger partial charge on any atom is 0.326 e. The number of H-pyrrole nitrogens is 1. The standard InChI is InChI=1S/C18H26N6O10/c19-9(4-14(28)29)15(30)23-11(3-8-5-20-7-21-8)16(31)24-12(6-25)17(32)22-10(18(33)34)1-2-13(26)27/h5,7,9-12,25H,1-4,6,19H2,(H,20,21)(H,22,32)(H,23,30)(H,24,31)(H,26,27)(H,28,29)(H,33,34). The molecule has 1 aromatic heterocycles. The number of carboxylic acids is 3. The number of rotatable bonds is 15. The second-order valence-corrected chi connectivity index (χ2v) is 7.12. The van der Waals surface area contributed by atoms with E-state index in [9.17, 15) is 33.9 Å². The Morgan fingerprint density at radius 3 is 2.00 bits per heavy atom. The molecule has 0 aliphatic heterocycles. The van der Waals surface area contributed by atoms with Crippen LogP contribution >= 0.6 is 0 Å². The quantitative estimate of drug-likeness (QED) is 0.115. The van der Waals surface area contributed by atoms with Crippen LogP contribution in [-0.2, 0) is 35.2 Å². The number of carbonyl (C=O) groups excluding carboxylic acids is 3. The average molecular weight is 486 g/mol. The summed E-state index contributed by atoms with van der Waals surface area (Å²) in [5.41, 5.74) is 5.89. The lowest BCUT2D eigenvalue weighted by Gasteiger charge is -2.24. The third-order valence-electron chi connectivity index (χ3n) is 4.42. The number of hydrogen-bond donors (Lipinski definition) is 9. The normalized spacial score (nSPS) is 14.2. The Morgan fingerprint density at radius 2 is 1.50 bits per heavy atom. The third-order valence-corrected chi connectivity index (χ3v) is 4.42. The van der Waals surface area contributed by atoms with Crippen molar-refractivity contribution in [1.82, 2.24) is 25.9 Å². The predicted octanol–water partition coefficient (Wildman–Crippen LogP) is -3.85. The molecule has 16 nitrogen and oxygen atoms in total. The molecule has 188 valence electrons. The van der Waals surface area contributed by atoms with E-state index in [4.69, 9.17) is 21.1 Å². The number of nitrogens with one attached hydrogen (secondary N) is 4. The molecule has 0 aliphatic carbocycles. The van der Waals surface area contributed by atoms with Gasteiger partial charge in [-0.15, -0.1) is 0 Å². The number of amides is 3. The van der Waals surface area contributed by atoms with Gasteiger partial charge in [0.05, 0.1) is 25.4 Å². The summed E-state index contributed by atoms with van der Waals surface area (Å²) in [6.07, 6.45) is 0.770. The fourth-order valence-corrected chi connectivity index (χ4v) is 2.65. The molecule has 4 unspecified atom stereocenters. The fourth-order valence-electron chi connectivity index (χ4n) is 2.65. The number of imidazole rings is 1. The Kier molecular flexibility index (Phi) is 11.1. The molecule has 1 heterocycles. The van der Waals surface area contributed by atoms with Crippen LogP contribution in [0.1, 0.15) is 25.0 Å². The number of aromatic nitrogens is 2. The number of hydrogen-bond acceptors (Lipinski definition) is 9. The zero-order chi connectivity index (χ0) is 25.8. The van der Waals surface area contributed by atoms with Crippen LogP contribution in [0.2, 0.25) is 0 Å². The fraction of sp³-hybridized carbons (Fsp3) is 0.500. The number of aliphatic hydroxyl groups is 1. The molecule has 0 spiro atoms. The maximum atomic E-state index is 12.8. The topological polar surface area (TPSA) is 274 Å². The van der Waals surface area contributed by atoms with Crippen LogP contribution in [0.3, 0.4) is 0 Å². The number of carbonyl (C=O) groups is 6. The van der Waals surface area contributed by atoms with Crippen molar-refractivity contribution in [1.29, 1.82) is 0 Å². The summed E-state index contributed by atoms with van der Waals surface area (Å²) >= 11 is 0. The summed E-state index contributed by atoms with van der Waals surface area (Å²) < 4.78 is 0. The van der Waals surface area contributed by atoms with Crippen LogP contribution in [0, 0.1) is 0 Å². The van der Waals surface area contributed by atoms with E-state index in [0.29, 0.717) is 5.69 Å². The third kappa shape index (κ3) is 9.61. The lowest BCUT2D eigenvalue weighted by molar-refractivity contribution is -0.143. The van der Waals surface area contributed by atoms with Gasteiger partial charge in [0.2, 0.25) is 17.7 Å². The Bertz CT molecular complexity index is 890. The van der Waals surface area contributed by atoms with Gasteiger partial charge in [0.25, 0.3) is 0 Å². The van der Waals surface area contributed by atoms with Gasteiger partial charge in [-0.05, 0) is 6.42 Å². The molecular weight excluding hydrogens is 460 g/mol. The molecule has 0 bridgehead atoms. The summed E-state index contributed by atoms with van der Waals surface area (Å²) in [5.74, 6) is -7.20. The molecule has 0 saturated heterocycles. The smallest absolute Gasteiger partial charge is 0.326 e. The van der Waals surface area contributed by atoms with E-state index in [1.165, 1.54) is 12.5 Å². The number of carboxylic acid groups (broad SMARTS) is 3. The zero-order valence-corrected chi connectivity index (χ0v) is 17.8. The molecule has 0 aliphatic rings. The lowest BCUT2D eigenvalue weighted by Crippen LogP contribution is -2.58. The van der Waals surface area contributed by atoms with Gasteiger partial charge in [-0.25, -0.2) is 9.78 Å². The Labute approximate surface area is 191 Å². The molecule has 34 heavy (non-hydrogen) atoms. The lowest BCUT2D eigenvalue weighted by atomic mass is 10.1. The molecule has 0 saturated carbocycles. The SMILES string of the molecule is NC(CC(=O)O)C(=O)NC(Cc1cnc[nH]1)C(=O)NC(CO)C(=O)NC(CCC(=O)O)C(=O)O. The monoisotopic (exact) mass is 486 g/mol. The van der Waals surface area contributed by atoms with Crippen molar-refractivity contribution in [3.63, 3.8) is 0 Å². The van der Waals surface area contributed by atoms with Gasteiger partial charge >= 0.3 is 17.9 Å². The van der Waals surface area contributed by atoms with Gasteiger partial charge in [-0.3, -0.25) is 24.0 Å². The minimum absolute atomic E-state index is 0.173. The minimum Gasteiger partial charge on any atom is -0.481 e. The number of aliphatic hydroxyl groups excluding tert-OH is 1. The number of aliphatic carboxylic acids is 3. The van der Waals surface area contributed by atoms with Crippen molar-refractivity contribution < 1.29 is 49.2 Å². The molecule has 1 aromatic rings. The second kappa shape index (κ2) is 13.5. The van der Waals surface area contributed by atoms with Crippen molar-refractivity contribution in [3.8, 4) is 0 Å². The summed E-state index contributed by atoms with van der Waals surface area (Å²) in [6, 6.07) is -6.09. The van der Waals surface area contributed by atoms with Crippen LogP contribution < -0.4 is 21.7 Å². The van der Waals surface area contributed by atoms with Gasteiger partial charge in [-0.1, -0.05) is 0 Å². The highest BCUT2D eigenvalue weighted by atomic mass is 16.4. The van der Waals surface area contributed by atoms with E-state index < -0.39 is 85.7 Å². The minimum atomic E-state index is -1.65. The number of nitrogens with zero attached hydrogens (tertiary/aromatic N) is 1. The van der Waals surface area contributed by atoms with E-state index in [-0.39, 0.29) is 6.42 Å². The largest absolute Gasteiger partial charge is 0.481 e. The number of aromatic amines is 1. The highest BCUT2D eigenvalue weighted by molar-refractivity contribution is 5.95. The van der Waals surface area contributed by atoms with Crippen molar-refractivity contribution in [2.24, 2.45) is 5.73 Å². The molecule has 10 N–H and O–H groups in total. The van der Waals surface area contributed by atoms with Gasteiger partial charge in [-0.2, -0.15) is 0 Å². The van der Waals surface area contributed by atoms with Gasteiger partial charge in [0.15, 0.2) is 0 Å². The van der Waals surface area contributed by atoms with Crippen molar-refractivity contribution in [2.75, 3.05) is 6.61 Å². The first-order valence-corrected chi connectivity index (χ1v) is 9.85. The van der Waals surface area contributed by atoms with Crippen LogP contribution in [0.4, 0.5) is 0 Å². The van der Waals surface area contributed by atoms with Crippen LogP contribution in [-0.4, -0.2) is 96.8 Å². The average Bonchev–Trinajstić information content (AvgIpc) is 3.26. The Morgan fingerprint density at radius 1 is 0.912 bits per heavy atom. The first-order valence-electron chi connectivity index (χ1n) is 9.85. The molecule has 1 rings (SSSR count). The van der Waals surface area contributed by atoms with E-state index in [1.54, 1.807) is 0 Å². The molecular formula is C18H26N6O10. The second-order valence-electron chi connectivity index (χ2n) is 7.12. The first kappa shape index (κ1) is 28.0. The summed E-state index contributed by atoms with van der Waals surface area (Å²) in [4.78, 5) is 76.5. The van der Waals surface area contributed by atoms with E-state index >= 15 is 0 Å². The van der Waals surface area contributed by atoms with Gasteiger partial charge in [0, 0.05) is 24.7 Å². The van der Waals surface area contributed by atoms with E-state index in [1.807, 2.05) is 5.32 Å². The molecule has 0 radical (unpaired) electrons. The van der Waals surface area contributed by atoms with Crippen molar-refractivity contribution in [3.05, 3.63) is 18.2 Å². The van der Waals surface area contributed by atoms with Crippen molar-refractivity contribution in [2.45, 2.75) is 49.9 Å². The summed E-state index contributed by atoms with van der Waals surface area (Å²) in [7, 11) is 0. The van der Waals surface area contributed by atoms with Gasteiger partial charge < -0.3 is 47.1 Å². The summed E-state index contributed by atoms with van der Waals surface area (Å²) in [6.45, 7) is -0.952. The molecule has 0 fully saturated rings. The Hall–Kier alpha value is -4.05. The molecule has 16 heteroatoms.